The Hall–Kier alpha value is -0.160. The highest BCUT2D eigenvalue weighted by Gasteiger charge is 2.39. The summed E-state index contributed by atoms with van der Waals surface area (Å²) in [5.74, 6) is 2.02. The van der Waals surface area contributed by atoms with Crippen LogP contribution in [0.1, 0.15) is 32.1 Å². The topological polar surface area (TPSA) is 46.2 Å². The van der Waals surface area contributed by atoms with Gasteiger partial charge in [0, 0.05) is 6.54 Å². The SMILES string of the molecule is O=S(=O)(CCCF)NC[C@H]1C[C@H]2CC[C@H]1C2. The maximum Gasteiger partial charge on any atom is 0.211 e. The van der Waals surface area contributed by atoms with Crippen molar-refractivity contribution in [1.29, 1.82) is 0 Å². The quantitative estimate of drug-likeness (QED) is 0.779. The number of fused-ring (bicyclic) bond motifs is 2. The molecule has 0 radical (unpaired) electrons. The highest BCUT2D eigenvalue weighted by Crippen LogP contribution is 2.47. The van der Waals surface area contributed by atoms with Gasteiger partial charge in [0.15, 0.2) is 0 Å². The summed E-state index contributed by atoms with van der Waals surface area (Å²) >= 11 is 0. The number of nitrogens with one attached hydrogen (secondary N) is 1. The minimum absolute atomic E-state index is 0.0791. The zero-order valence-corrected chi connectivity index (χ0v) is 10.3. The molecule has 2 fully saturated rings. The van der Waals surface area contributed by atoms with E-state index in [2.05, 4.69) is 4.72 Å². The molecule has 16 heavy (non-hydrogen) atoms. The molecular weight excluding hydrogens is 229 g/mol. The molecule has 2 rings (SSSR count). The van der Waals surface area contributed by atoms with Crippen molar-refractivity contribution >= 4 is 10.0 Å². The van der Waals surface area contributed by atoms with E-state index in [9.17, 15) is 12.8 Å². The molecule has 2 bridgehead atoms. The maximum absolute atomic E-state index is 11.9. The second-order valence-corrected chi connectivity index (χ2v) is 7.07. The smallest absolute Gasteiger partial charge is 0.211 e. The molecule has 3 atom stereocenters. The molecule has 5 heteroatoms. The molecule has 94 valence electrons. The molecule has 0 aromatic carbocycles. The molecule has 0 unspecified atom stereocenters. The highest BCUT2D eigenvalue weighted by atomic mass is 32.2. The lowest BCUT2D eigenvalue weighted by Gasteiger charge is -2.21. The van der Waals surface area contributed by atoms with E-state index in [-0.39, 0.29) is 12.2 Å². The molecule has 0 heterocycles. The Morgan fingerprint density at radius 2 is 2.06 bits per heavy atom. The fraction of sp³-hybridized carbons (Fsp3) is 1.00. The normalized spacial score (nSPS) is 33.4. The molecule has 2 saturated carbocycles. The number of halogens is 1. The van der Waals surface area contributed by atoms with Gasteiger partial charge in [-0.15, -0.1) is 0 Å². The lowest BCUT2D eigenvalue weighted by Crippen LogP contribution is -2.33. The molecule has 0 aliphatic heterocycles. The average molecular weight is 249 g/mol. The van der Waals surface area contributed by atoms with Gasteiger partial charge in [-0.2, -0.15) is 0 Å². The van der Waals surface area contributed by atoms with Crippen LogP contribution < -0.4 is 4.72 Å². The predicted molar refractivity (Wildman–Crippen MR) is 61.3 cm³/mol. The Morgan fingerprint density at radius 1 is 1.25 bits per heavy atom. The first-order valence-electron chi connectivity index (χ1n) is 6.14. The molecule has 1 N–H and O–H groups in total. The fourth-order valence-electron chi connectivity index (χ4n) is 3.18. The van der Waals surface area contributed by atoms with Crippen molar-refractivity contribution in [2.45, 2.75) is 32.1 Å². The summed E-state index contributed by atoms with van der Waals surface area (Å²) in [6, 6.07) is 0. The van der Waals surface area contributed by atoms with Crippen LogP contribution in [0.3, 0.4) is 0 Å². The second kappa shape index (κ2) is 5.00. The minimum Gasteiger partial charge on any atom is -0.251 e. The number of rotatable bonds is 6. The van der Waals surface area contributed by atoms with E-state index in [0.29, 0.717) is 12.5 Å². The van der Waals surface area contributed by atoms with E-state index >= 15 is 0 Å². The van der Waals surface area contributed by atoms with Crippen LogP contribution in [-0.4, -0.2) is 27.4 Å². The molecule has 0 amide bonds. The van der Waals surface area contributed by atoms with Gasteiger partial charge in [0.2, 0.25) is 10.0 Å². The van der Waals surface area contributed by atoms with Gasteiger partial charge in [0.1, 0.15) is 0 Å². The van der Waals surface area contributed by atoms with Gasteiger partial charge in [-0.05, 0) is 43.4 Å². The second-order valence-electron chi connectivity index (χ2n) is 5.14. The summed E-state index contributed by atoms with van der Waals surface area (Å²) in [6.45, 7) is 0.00479. The van der Waals surface area contributed by atoms with E-state index < -0.39 is 16.7 Å². The average Bonchev–Trinajstić information content (AvgIpc) is 2.85. The van der Waals surface area contributed by atoms with Crippen molar-refractivity contribution in [2.24, 2.45) is 17.8 Å². The summed E-state index contributed by atoms with van der Waals surface area (Å²) in [7, 11) is -3.24. The van der Waals surface area contributed by atoms with Gasteiger partial charge in [0.05, 0.1) is 12.4 Å². The third-order valence-electron chi connectivity index (χ3n) is 4.00. The summed E-state index contributed by atoms with van der Waals surface area (Å²) < 4.78 is 37.5. The summed E-state index contributed by atoms with van der Waals surface area (Å²) in [4.78, 5) is 0. The van der Waals surface area contributed by atoms with Gasteiger partial charge in [-0.1, -0.05) is 6.42 Å². The van der Waals surface area contributed by atoms with Crippen LogP contribution in [0.25, 0.3) is 0 Å². The van der Waals surface area contributed by atoms with E-state index in [0.717, 1.165) is 11.8 Å². The van der Waals surface area contributed by atoms with E-state index in [1.54, 1.807) is 0 Å². The van der Waals surface area contributed by atoms with E-state index in [1.165, 1.54) is 25.7 Å². The van der Waals surface area contributed by atoms with Gasteiger partial charge in [-0.3, -0.25) is 4.39 Å². The van der Waals surface area contributed by atoms with Crippen molar-refractivity contribution in [2.75, 3.05) is 19.0 Å². The molecule has 3 nitrogen and oxygen atoms in total. The van der Waals surface area contributed by atoms with Gasteiger partial charge in [0.25, 0.3) is 0 Å². The maximum atomic E-state index is 11.9. The third-order valence-corrected chi connectivity index (χ3v) is 5.43. The Bertz CT molecular complexity index is 331. The van der Waals surface area contributed by atoms with E-state index in [1.807, 2.05) is 0 Å². The monoisotopic (exact) mass is 249 g/mol. The van der Waals surface area contributed by atoms with E-state index in [4.69, 9.17) is 0 Å². The highest BCUT2D eigenvalue weighted by molar-refractivity contribution is 7.89. The Morgan fingerprint density at radius 3 is 2.62 bits per heavy atom. The van der Waals surface area contributed by atoms with Crippen molar-refractivity contribution in [1.82, 2.24) is 4.72 Å². The summed E-state index contributed by atoms with van der Waals surface area (Å²) in [5, 5.41) is 0. The molecule has 2 aliphatic carbocycles. The number of hydrogen-bond donors (Lipinski definition) is 1. The predicted octanol–water partition coefficient (Wildman–Crippen LogP) is 1.70. The first-order chi connectivity index (χ1) is 7.61. The van der Waals surface area contributed by atoms with Gasteiger partial charge < -0.3 is 0 Å². The van der Waals surface area contributed by atoms with Crippen LogP contribution in [-0.2, 0) is 10.0 Å². The lowest BCUT2D eigenvalue weighted by atomic mass is 9.89. The first-order valence-corrected chi connectivity index (χ1v) is 7.79. The number of alkyl halides is 1. The van der Waals surface area contributed by atoms with Gasteiger partial charge in [-0.25, -0.2) is 13.1 Å². The van der Waals surface area contributed by atoms with Crippen molar-refractivity contribution in [3.8, 4) is 0 Å². The zero-order valence-electron chi connectivity index (χ0n) is 9.49. The molecule has 0 spiro atoms. The van der Waals surface area contributed by atoms with Crippen LogP contribution in [0.4, 0.5) is 4.39 Å². The number of hydrogen-bond acceptors (Lipinski definition) is 2. The molecular formula is C11H20FNO2S. The standard InChI is InChI=1S/C11H20FNO2S/c12-4-1-5-16(14,15)13-8-11-7-9-2-3-10(11)6-9/h9-11,13H,1-8H2/t9-,10-,11+/m0/s1. The first kappa shape index (κ1) is 12.3. The van der Waals surface area contributed by atoms with Crippen LogP contribution in [0.15, 0.2) is 0 Å². The zero-order chi connectivity index (χ0) is 11.6. The van der Waals surface area contributed by atoms with Gasteiger partial charge >= 0.3 is 0 Å². The summed E-state index contributed by atoms with van der Waals surface area (Å²) in [5.41, 5.74) is 0. The fourth-order valence-corrected chi connectivity index (χ4v) is 4.28. The Labute approximate surface area is 96.9 Å². The minimum atomic E-state index is -3.24. The van der Waals surface area contributed by atoms with Crippen LogP contribution in [0, 0.1) is 17.8 Å². The van der Waals surface area contributed by atoms with Crippen molar-refractivity contribution < 1.29 is 12.8 Å². The molecule has 0 saturated heterocycles. The van der Waals surface area contributed by atoms with Crippen LogP contribution in [0.2, 0.25) is 0 Å². The third kappa shape index (κ3) is 2.94. The Kier molecular flexibility index (Phi) is 3.85. The van der Waals surface area contributed by atoms with Crippen LogP contribution >= 0.6 is 0 Å². The van der Waals surface area contributed by atoms with Crippen LogP contribution in [0.5, 0.6) is 0 Å². The summed E-state index contributed by atoms with van der Waals surface area (Å²) in [6.07, 6.45) is 5.16. The lowest BCUT2D eigenvalue weighted by molar-refractivity contribution is 0.332. The van der Waals surface area contributed by atoms with Crippen molar-refractivity contribution in [3.05, 3.63) is 0 Å². The largest absolute Gasteiger partial charge is 0.251 e. The van der Waals surface area contributed by atoms with Crippen molar-refractivity contribution in [3.63, 3.8) is 0 Å². The molecule has 0 aromatic rings. The molecule has 2 aliphatic rings. The number of sulfonamides is 1. The molecule has 0 aromatic heterocycles. The Balaban J connectivity index is 1.75.